The highest BCUT2D eigenvalue weighted by molar-refractivity contribution is 5.74. The van der Waals surface area contributed by atoms with Crippen LogP contribution in [0.15, 0.2) is 18.2 Å². The Morgan fingerprint density at radius 1 is 1.12 bits per heavy atom. The molecular formula is C15H18F3N3O3. The Kier molecular flexibility index (Phi) is 4.70. The fraction of sp³-hybridized carbons (Fsp3) is 0.533. The molecule has 0 aliphatic carbocycles. The predicted octanol–water partition coefficient (Wildman–Crippen LogP) is 1.80. The van der Waals surface area contributed by atoms with Gasteiger partial charge in [0.15, 0.2) is 11.5 Å². The summed E-state index contributed by atoms with van der Waals surface area (Å²) in [5, 5.41) is 2.77. The van der Waals surface area contributed by atoms with Gasteiger partial charge in [-0.1, -0.05) is 6.07 Å². The first-order valence-electron chi connectivity index (χ1n) is 7.61. The molecule has 6 nitrogen and oxygen atoms in total. The van der Waals surface area contributed by atoms with Crippen LogP contribution in [-0.2, 0) is 6.54 Å². The van der Waals surface area contributed by atoms with Crippen molar-refractivity contribution in [2.75, 3.05) is 39.5 Å². The van der Waals surface area contributed by atoms with Gasteiger partial charge in [-0.25, -0.2) is 4.79 Å². The number of fused-ring (bicyclic) bond motifs is 1. The van der Waals surface area contributed by atoms with Gasteiger partial charge in [0.25, 0.3) is 0 Å². The van der Waals surface area contributed by atoms with Crippen LogP contribution in [0.25, 0.3) is 0 Å². The Hall–Kier alpha value is -2.16. The molecule has 0 aromatic heterocycles. The van der Waals surface area contributed by atoms with Crippen molar-refractivity contribution < 1.29 is 27.4 Å². The van der Waals surface area contributed by atoms with Gasteiger partial charge in [-0.15, -0.1) is 0 Å². The molecule has 24 heavy (non-hydrogen) atoms. The van der Waals surface area contributed by atoms with E-state index in [2.05, 4.69) is 5.32 Å². The first-order valence-corrected chi connectivity index (χ1v) is 7.61. The first-order chi connectivity index (χ1) is 11.4. The first kappa shape index (κ1) is 16.7. The SMILES string of the molecule is O=C(NCc1ccc2c(c1)OCO2)N1CCN(CC(F)(F)F)CC1. The zero-order chi connectivity index (χ0) is 17.2. The number of piperazine rings is 1. The van der Waals surface area contributed by atoms with E-state index in [0.717, 1.165) is 5.56 Å². The molecular weight excluding hydrogens is 327 g/mol. The van der Waals surface area contributed by atoms with E-state index in [-0.39, 0.29) is 39.0 Å². The molecule has 2 aliphatic heterocycles. The molecule has 2 amide bonds. The van der Waals surface area contributed by atoms with Crippen molar-refractivity contribution in [1.82, 2.24) is 15.1 Å². The highest BCUT2D eigenvalue weighted by Gasteiger charge is 2.32. The van der Waals surface area contributed by atoms with Crippen LogP contribution in [0.3, 0.4) is 0 Å². The Morgan fingerprint density at radius 2 is 1.83 bits per heavy atom. The minimum absolute atomic E-state index is 0.188. The maximum absolute atomic E-state index is 12.3. The predicted molar refractivity (Wildman–Crippen MR) is 78.9 cm³/mol. The van der Waals surface area contributed by atoms with E-state index >= 15 is 0 Å². The highest BCUT2D eigenvalue weighted by atomic mass is 19.4. The maximum atomic E-state index is 12.3. The summed E-state index contributed by atoms with van der Waals surface area (Å²) >= 11 is 0. The second-order valence-electron chi connectivity index (χ2n) is 5.72. The van der Waals surface area contributed by atoms with Crippen LogP contribution in [0.2, 0.25) is 0 Å². The van der Waals surface area contributed by atoms with Crippen LogP contribution < -0.4 is 14.8 Å². The lowest BCUT2D eigenvalue weighted by Gasteiger charge is -2.34. The zero-order valence-electron chi connectivity index (χ0n) is 12.9. The number of halogens is 3. The molecule has 0 radical (unpaired) electrons. The van der Waals surface area contributed by atoms with E-state index in [9.17, 15) is 18.0 Å². The van der Waals surface area contributed by atoms with E-state index in [1.807, 2.05) is 6.07 Å². The molecule has 2 heterocycles. The summed E-state index contributed by atoms with van der Waals surface area (Å²) in [6.45, 7) is 0.575. The molecule has 1 saturated heterocycles. The molecule has 0 unspecified atom stereocenters. The van der Waals surface area contributed by atoms with Gasteiger partial charge in [0.05, 0.1) is 6.54 Å². The molecule has 0 saturated carbocycles. The van der Waals surface area contributed by atoms with Crippen molar-refractivity contribution in [3.8, 4) is 11.5 Å². The molecule has 9 heteroatoms. The number of alkyl halides is 3. The molecule has 0 atom stereocenters. The standard InChI is InChI=1S/C15H18F3N3O3/c16-15(17,18)9-20-3-5-21(6-4-20)14(22)19-8-11-1-2-12-13(7-11)24-10-23-12/h1-2,7H,3-6,8-10H2,(H,19,22). The lowest BCUT2D eigenvalue weighted by Crippen LogP contribution is -2.53. The van der Waals surface area contributed by atoms with Crippen LogP contribution in [-0.4, -0.2) is 61.5 Å². The topological polar surface area (TPSA) is 54.0 Å². The summed E-state index contributed by atoms with van der Waals surface area (Å²) in [6, 6.07) is 5.12. The minimum Gasteiger partial charge on any atom is -0.454 e. The third-order valence-electron chi connectivity index (χ3n) is 3.94. The summed E-state index contributed by atoms with van der Waals surface area (Å²) in [7, 11) is 0. The zero-order valence-corrected chi connectivity index (χ0v) is 12.9. The maximum Gasteiger partial charge on any atom is 0.401 e. The van der Waals surface area contributed by atoms with Gasteiger partial charge >= 0.3 is 12.2 Å². The van der Waals surface area contributed by atoms with Crippen LogP contribution in [0.4, 0.5) is 18.0 Å². The lowest BCUT2D eigenvalue weighted by atomic mass is 10.2. The monoisotopic (exact) mass is 345 g/mol. The number of benzene rings is 1. The Morgan fingerprint density at radius 3 is 2.54 bits per heavy atom. The summed E-state index contributed by atoms with van der Waals surface area (Å²) in [5.41, 5.74) is 0.864. The van der Waals surface area contributed by atoms with Gasteiger partial charge in [-0.3, -0.25) is 4.90 Å². The van der Waals surface area contributed by atoms with Crippen molar-refractivity contribution >= 4 is 6.03 Å². The summed E-state index contributed by atoms with van der Waals surface area (Å²) in [6.07, 6.45) is -4.20. The fourth-order valence-corrected chi connectivity index (χ4v) is 2.70. The Balaban J connectivity index is 1.45. The van der Waals surface area contributed by atoms with Crippen molar-refractivity contribution in [3.05, 3.63) is 23.8 Å². The Bertz CT molecular complexity index is 601. The van der Waals surface area contributed by atoms with Crippen LogP contribution in [0, 0.1) is 0 Å². The number of carbonyl (C=O) groups excluding carboxylic acids is 1. The van der Waals surface area contributed by atoms with Gasteiger partial charge < -0.3 is 19.7 Å². The van der Waals surface area contributed by atoms with Crippen LogP contribution >= 0.6 is 0 Å². The number of nitrogens with one attached hydrogen (secondary N) is 1. The molecule has 0 bridgehead atoms. The van der Waals surface area contributed by atoms with Gasteiger partial charge in [0.2, 0.25) is 6.79 Å². The lowest BCUT2D eigenvalue weighted by molar-refractivity contribution is -0.148. The minimum atomic E-state index is -4.20. The van der Waals surface area contributed by atoms with Crippen molar-refractivity contribution in [2.45, 2.75) is 12.7 Å². The van der Waals surface area contributed by atoms with E-state index < -0.39 is 12.7 Å². The smallest absolute Gasteiger partial charge is 0.401 e. The summed E-state index contributed by atoms with van der Waals surface area (Å²) in [5.74, 6) is 1.31. The number of nitrogens with zero attached hydrogens (tertiary/aromatic N) is 2. The van der Waals surface area contributed by atoms with Crippen molar-refractivity contribution in [2.24, 2.45) is 0 Å². The third kappa shape index (κ3) is 4.22. The summed E-state index contributed by atoms with van der Waals surface area (Å²) < 4.78 is 47.5. The number of ether oxygens (including phenoxy) is 2. The van der Waals surface area contributed by atoms with Gasteiger partial charge in [0.1, 0.15) is 0 Å². The van der Waals surface area contributed by atoms with E-state index in [1.54, 1.807) is 12.1 Å². The second-order valence-corrected chi connectivity index (χ2v) is 5.72. The van der Waals surface area contributed by atoms with Crippen molar-refractivity contribution in [1.29, 1.82) is 0 Å². The van der Waals surface area contributed by atoms with E-state index in [4.69, 9.17) is 9.47 Å². The van der Waals surface area contributed by atoms with E-state index in [0.29, 0.717) is 18.0 Å². The molecule has 1 aromatic carbocycles. The number of hydrogen-bond donors (Lipinski definition) is 1. The molecule has 2 aliphatic rings. The quantitative estimate of drug-likeness (QED) is 0.908. The number of hydrogen-bond acceptors (Lipinski definition) is 4. The largest absolute Gasteiger partial charge is 0.454 e. The number of urea groups is 1. The molecule has 3 rings (SSSR count). The van der Waals surface area contributed by atoms with Crippen LogP contribution in [0.5, 0.6) is 11.5 Å². The second kappa shape index (κ2) is 6.76. The van der Waals surface area contributed by atoms with Gasteiger partial charge in [-0.2, -0.15) is 13.2 Å². The number of rotatable bonds is 3. The molecule has 1 fully saturated rings. The number of amides is 2. The van der Waals surface area contributed by atoms with Gasteiger partial charge in [0, 0.05) is 32.7 Å². The molecule has 132 valence electrons. The average molecular weight is 345 g/mol. The normalized spacial score (nSPS) is 17.9. The molecule has 0 spiro atoms. The third-order valence-corrected chi connectivity index (χ3v) is 3.94. The average Bonchev–Trinajstić information content (AvgIpc) is 2.99. The summed E-state index contributed by atoms with van der Waals surface area (Å²) in [4.78, 5) is 14.9. The fourth-order valence-electron chi connectivity index (χ4n) is 2.70. The molecule has 1 aromatic rings. The molecule has 1 N–H and O–H groups in total. The van der Waals surface area contributed by atoms with Crippen LogP contribution in [0.1, 0.15) is 5.56 Å². The van der Waals surface area contributed by atoms with Gasteiger partial charge in [-0.05, 0) is 17.7 Å². The van der Waals surface area contributed by atoms with Crippen molar-refractivity contribution in [3.63, 3.8) is 0 Å². The highest BCUT2D eigenvalue weighted by Crippen LogP contribution is 2.32. The number of carbonyl (C=O) groups is 1. The Labute approximate surface area is 137 Å². The van der Waals surface area contributed by atoms with E-state index in [1.165, 1.54) is 9.80 Å².